The second kappa shape index (κ2) is 6.75. The Hall–Kier alpha value is -1.55. The van der Waals surface area contributed by atoms with Gasteiger partial charge in [-0.15, -0.1) is 0 Å². The van der Waals surface area contributed by atoms with Gasteiger partial charge in [-0.2, -0.15) is 0 Å². The van der Waals surface area contributed by atoms with Gasteiger partial charge in [0.2, 0.25) is 0 Å². The molecule has 1 aromatic carbocycles. The maximum atomic E-state index is 6.02. The lowest BCUT2D eigenvalue weighted by Crippen LogP contribution is -2.44. The SMILES string of the molecule is c1ccc(C2OCCCC2CNC2=NCCCN2)cc1. The van der Waals surface area contributed by atoms with Crippen LogP contribution in [0.5, 0.6) is 0 Å². The molecule has 0 radical (unpaired) electrons. The molecule has 0 amide bonds. The lowest BCUT2D eigenvalue weighted by molar-refractivity contribution is -0.0265. The number of guanidine groups is 1. The largest absolute Gasteiger partial charge is 0.373 e. The van der Waals surface area contributed by atoms with Crippen LogP contribution in [-0.2, 0) is 4.74 Å². The average molecular weight is 273 g/mol. The molecule has 0 spiro atoms. The molecule has 4 nitrogen and oxygen atoms in total. The predicted molar refractivity (Wildman–Crippen MR) is 80.8 cm³/mol. The van der Waals surface area contributed by atoms with Crippen molar-refractivity contribution in [3.05, 3.63) is 35.9 Å². The van der Waals surface area contributed by atoms with E-state index in [9.17, 15) is 0 Å². The Balaban J connectivity index is 1.62. The van der Waals surface area contributed by atoms with Gasteiger partial charge in [0.05, 0.1) is 6.10 Å². The van der Waals surface area contributed by atoms with Crippen LogP contribution in [0.25, 0.3) is 0 Å². The fourth-order valence-electron chi connectivity index (χ4n) is 2.94. The zero-order chi connectivity index (χ0) is 13.6. The second-order valence-corrected chi connectivity index (χ2v) is 5.50. The Morgan fingerprint density at radius 1 is 1.25 bits per heavy atom. The van der Waals surface area contributed by atoms with Crippen LogP contribution in [-0.4, -0.2) is 32.2 Å². The fourth-order valence-corrected chi connectivity index (χ4v) is 2.94. The Bertz CT molecular complexity index is 446. The molecule has 108 valence electrons. The fraction of sp³-hybridized carbons (Fsp3) is 0.562. The first-order valence-electron chi connectivity index (χ1n) is 7.62. The zero-order valence-corrected chi connectivity index (χ0v) is 11.8. The van der Waals surface area contributed by atoms with E-state index < -0.39 is 0 Å². The van der Waals surface area contributed by atoms with E-state index in [0.29, 0.717) is 5.92 Å². The van der Waals surface area contributed by atoms with Crippen molar-refractivity contribution in [1.29, 1.82) is 0 Å². The van der Waals surface area contributed by atoms with Crippen LogP contribution in [0.4, 0.5) is 0 Å². The summed E-state index contributed by atoms with van der Waals surface area (Å²) >= 11 is 0. The van der Waals surface area contributed by atoms with Gasteiger partial charge in [-0.3, -0.25) is 4.99 Å². The Morgan fingerprint density at radius 3 is 2.95 bits per heavy atom. The summed E-state index contributed by atoms with van der Waals surface area (Å²) in [7, 11) is 0. The van der Waals surface area contributed by atoms with Gasteiger partial charge < -0.3 is 15.4 Å². The van der Waals surface area contributed by atoms with Crippen molar-refractivity contribution in [3.63, 3.8) is 0 Å². The van der Waals surface area contributed by atoms with Gasteiger partial charge in [0.1, 0.15) is 0 Å². The second-order valence-electron chi connectivity index (χ2n) is 5.50. The number of benzene rings is 1. The lowest BCUT2D eigenvalue weighted by Gasteiger charge is -2.33. The minimum absolute atomic E-state index is 0.210. The summed E-state index contributed by atoms with van der Waals surface area (Å²) < 4.78 is 6.02. The van der Waals surface area contributed by atoms with Crippen LogP contribution in [0.15, 0.2) is 35.3 Å². The highest BCUT2D eigenvalue weighted by Crippen LogP contribution is 2.32. The van der Waals surface area contributed by atoms with Crippen molar-refractivity contribution < 1.29 is 4.74 Å². The summed E-state index contributed by atoms with van der Waals surface area (Å²) in [5, 5.41) is 6.76. The highest BCUT2D eigenvalue weighted by molar-refractivity contribution is 5.80. The Labute approximate surface area is 120 Å². The number of ether oxygens (including phenoxy) is 1. The molecule has 2 unspecified atom stereocenters. The first kappa shape index (κ1) is 13.4. The number of hydrogen-bond acceptors (Lipinski definition) is 4. The molecule has 0 aromatic heterocycles. The molecule has 3 rings (SSSR count). The molecule has 2 atom stereocenters. The third kappa shape index (κ3) is 3.31. The molecule has 4 heteroatoms. The summed E-state index contributed by atoms with van der Waals surface area (Å²) in [5.74, 6) is 1.46. The number of nitrogens with zero attached hydrogens (tertiary/aromatic N) is 1. The van der Waals surface area contributed by atoms with E-state index in [1.807, 2.05) is 0 Å². The van der Waals surface area contributed by atoms with E-state index in [1.54, 1.807) is 0 Å². The molecule has 2 N–H and O–H groups in total. The van der Waals surface area contributed by atoms with E-state index in [0.717, 1.165) is 45.0 Å². The lowest BCUT2D eigenvalue weighted by atomic mass is 9.89. The summed E-state index contributed by atoms with van der Waals surface area (Å²) in [6.07, 6.45) is 3.70. The normalized spacial score (nSPS) is 26.5. The van der Waals surface area contributed by atoms with E-state index in [4.69, 9.17) is 4.74 Å². The van der Waals surface area contributed by atoms with Crippen molar-refractivity contribution in [1.82, 2.24) is 10.6 Å². The van der Waals surface area contributed by atoms with E-state index >= 15 is 0 Å². The van der Waals surface area contributed by atoms with Crippen LogP contribution >= 0.6 is 0 Å². The first-order chi connectivity index (χ1) is 9.93. The van der Waals surface area contributed by atoms with Gasteiger partial charge in [0.15, 0.2) is 5.96 Å². The van der Waals surface area contributed by atoms with Gasteiger partial charge in [-0.1, -0.05) is 30.3 Å². The van der Waals surface area contributed by atoms with E-state index in [2.05, 4.69) is 46.0 Å². The third-order valence-corrected chi connectivity index (χ3v) is 4.00. The highest BCUT2D eigenvalue weighted by atomic mass is 16.5. The molecule has 20 heavy (non-hydrogen) atoms. The quantitative estimate of drug-likeness (QED) is 0.886. The topological polar surface area (TPSA) is 45.6 Å². The number of hydrogen-bond donors (Lipinski definition) is 2. The molecular weight excluding hydrogens is 250 g/mol. The van der Waals surface area contributed by atoms with Crippen molar-refractivity contribution in [2.45, 2.75) is 25.4 Å². The van der Waals surface area contributed by atoms with Crippen LogP contribution in [0.3, 0.4) is 0 Å². The molecule has 2 heterocycles. The third-order valence-electron chi connectivity index (χ3n) is 4.00. The summed E-state index contributed by atoms with van der Waals surface area (Å²) in [6.45, 7) is 3.74. The molecule has 2 aliphatic heterocycles. The van der Waals surface area contributed by atoms with Gasteiger partial charge >= 0.3 is 0 Å². The molecule has 1 aromatic rings. The van der Waals surface area contributed by atoms with Crippen molar-refractivity contribution in [3.8, 4) is 0 Å². The average Bonchev–Trinajstić information content (AvgIpc) is 2.55. The Morgan fingerprint density at radius 2 is 2.15 bits per heavy atom. The highest BCUT2D eigenvalue weighted by Gasteiger charge is 2.27. The van der Waals surface area contributed by atoms with E-state index in [1.165, 1.54) is 12.0 Å². The maximum absolute atomic E-state index is 6.02. The first-order valence-corrected chi connectivity index (χ1v) is 7.62. The number of rotatable bonds is 3. The van der Waals surface area contributed by atoms with Crippen LogP contribution in [0.1, 0.15) is 30.9 Å². The molecule has 1 saturated heterocycles. The van der Waals surface area contributed by atoms with Gasteiger partial charge in [-0.25, -0.2) is 0 Å². The maximum Gasteiger partial charge on any atom is 0.191 e. The smallest absolute Gasteiger partial charge is 0.191 e. The molecule has 1 fully saturated rings. The van der Waals surface area contributed by atoms with Crippen molar-refractivity contribution >= 4 is 5.96 Å². The minimum Gasteiger partial charge on any atom is -0.373 e. The summed E-state index contributed by atoms with van der Waals surface area (Å²) in [4.78, 5) is 4.47. The number of nitrogens with one attached hydrogen (secondary N) is 2. The predicted octanol–water partition coefficient (Wildman–Crippen LogP) is 2.09. The van der Waals surface area contributed by atoms with Crippen LogP contribution in [0.2, 0.25) is 0 Å². The Kier molecular flexibility index (Phi) is 4.53. The molecule has 0 saturated carbocycles. The number of aliphatic imine (C=N–C) groups is 1. The van der Waals surface area contributed by atoms with Gasteiger partial charge in [0.25, 0.3) is 0 Å². The molecule has 0 bridgehead atoms. The minimum atomic E-state index is 0.210. The van der Waals surface area contributed by atoms with Gasteiger partial charge in [0, 0.05) is 32.2 Å². The van der Waals surface area contributed by atoms with Gasteiger partial charge in [-0.05, 0) is 24.8 Å². The van der Waals surface area contributed by atoms with E-state index in [-0.39, 0.29) is 6.10 Å². The molecule has 2 aliphatic rings. The van der Waals surface area contributed by atoms with Crippen molar-refractivity contribution in [2.75, 3.05) is 26.2 Å². The summed E-state index contributed by atoms with van der Waals surface area (Å²) in [5.41, 5.74) is 1.29. The molecule has 0 aliphatic carbocycles. The monoisotopic (exact) mass is 273 g/mol. The van der Waals surface area contributed by atoms with Crippen molar-refractivity contribution in [2.24, 2.45) is 10.9 Å². The zero-order valence-electron chi connectivity index (χ0n) is 11.8. The summed E-state index contributed by atoms with van der Waals surface area (Å²) in [6, 6.07) is 10.6. The van der Waals surface area contributed by atoms with Crippen LogP contribution < -0.4 is 10.6 Å². The molecular formula is C16H23N3O. The standard InChI is InChI=1S/C16H23N3O/c1-2-6-13(7-3-1)15-14(8-4-11-20-15)12-19-16-17-9-5-10-18-16/h1-3,6-7,14-15H,4-5,8-12H2,(H2,17,18,19). The van der Waals surface area contributed by atoms with Crippen LogP contribution in [0, 0.1) is 5.92 Å².